The highest BCUT2D eigenvalue weighted by Crippen LogP contribution is 2.28. The van der Waals surface area contributed by atoms with Crippen LogP contribution in [-0.4, -0.2) is 34.4 Å². The van der Waals surface area contributed by atoms with Crippen molar-refractivity contribution < 1.29 is 9.21 Å². The van der Waals surface area contributed by atoms with Crippen LogP contribution >= 0.6 is 11.3 Å². The van der Waals surface area contributed by atoms with Gasteiger partial charge < -0.3 is 15.1 Å². The fraction of sp³-hybridized carbons (Fsp3) is 0.467. The standard InChI is InChI=1S/C15H19N3O2S/c1-10(16)11-5-2-3-7-18(11)15(19)13-9-17-14(21-13)12-6-4-8-20-12/h4,6,8-11H,2-3,5,7,16H2,1H3. The molecule has 1 aliphatic rings. The molecule has 3 rings (SSSR count). The molecule has 0 radical (unpaired) electrons. The Balaban J connectivity index is 1.81. The number of rotatable bonds is 3. The molecule has 1 aliphatic heterocycles. The van der Waals surface area contributed by atoms with Crippen LogP contribution in [-0.2, 0) is 0 Å². The molecule has 6 heteroatoms. The maximum absolute atomic E-state index is 12.7. The molecule has 0 saturated carbocycles. The van der Waals surface area contributed by atoms with E-state index in [1.54, 1.807) is 12.5 Å². The number of piperidine rings is 1. The molecule has 3 heterocycles. The summed E-state index contributed by atoms with van der Waals surface area (Å²) in [6.45, 7) is 2.75. The summed E-state index contributed by atoms with van der Waals surface area (Å²) in [7, 11) is 0. The smallest absolute Gasteiger partial charge is 0.265 e. The second-order valence-corrected chi connectivity index (χ2v) is 6.46. The van der Waals surface area contributed by atoms with Crippen LogP contribution in [0.2, 0.25) is 0 Å². The zero-order valence-electron chi connectivity index (χ0n) is 12.0. The van der Waals surface area contributed by atoms with Gasteiger partial charge in [0.05, 0.1) is 12.5 Å². The van der Waals surface area contributed by atoms with Gasteiger partial charge in [-0.25, -0.2) is 4.98 Å². The van der Waals surface area contributed by atoms with Crippen molar-refractivity contribution in [2.45, 2.75) is 38.3 Å². The summed E-state index contributed by atoms with van der Waals surface area (Å²) in [6.07, 6.45) is 6.40. The molecule has 0 aliphatic carbocycles. The van der Waals surface area contributed by atoms with Gasteiger partial charge >= 0.3 is 0 Å². The number of hydrogen-bond donors (Lipinski definition) is 1. The molecule has 112 valence electrons. The van der Waals surface area contributed by atoms with Gasteiger partial charge in [-0.2, -0.15) is 0 Å². The molecule has 2 aromatic rings. The van der Waals surface area contributed by atoms with E-state index in [1.165, 1.54) is 11.3 Å². The first kappa shape index (κ1) is 14.3. The Kier molecular flexibility index (Phi) is 4.07. The van der Waals surface area contributed by atoms with Gasteiger partial charge in [-0.05, 0) is 38.3 Å². The average molecular weight is 305 g/mol. The minimum atomic E-state index is -0.00767. The SMILES string of the molecule is CC(N)C1CCCCN1C(=O)c1cnc(-c2ccco2)s1. The Morgan fingerprint density at radius 2 is 2.43 bits per heavy atom. The highest BCUT2D eigenvalue weighted by atomic mass is 32.1. The molecule has 2 N–H and O–H groups in total. The maximum atomic E-state index is 12.7. The molecule has 0 aromatic carbocycles. The predicted octanol–water partition coefficient (Wildman–Crippen LogP) is 2.75. The Labute approximate surface area is 127 Å². The molecule has 2 aromatic heterocycles. The predicted molar refractivity (Wildman–Crippen MR) is 82.1 cm³/mol. The molecular weight excluding hydrogens is 286 g/mol. The summed E-state index contributed by atoms with van der Waals surface area (Å²) in [5, 5.41) is 0.734. The minimum Gasteiger partial charge on any atom is -0.462 e. The third-order valence-electron chi connectivity index (χ3n) is 3.87. The van der Waals surface area contributed by atoms with E-state index in [0.717, 1.165) is 30.8 Å². The largest absolute Gasteiger partial charge is 0.462 e. The summed E-state index contributed by atoms with van der Waals surface area (Å²) in [6, 6.07) is 3.78. The van der Waals surface area contributed by atoms with Gasteiger partial charge in [-0.15, -0.1) is 11.3 Å². The van der Waals surface area contributed by atoms with E-state index in [9.17, 15) is 4.79 Å². The lowest BCUT2D eigenvalue weighted by Gasteiger charge is -2.37. The minimum absolute atomic E-state index is 0.00767. The summed E-state index contributed by atoms with van der Waals surface area (Å²) in [5.41, 5.74) is 6.03. The summed E-state index contributed by atoms with van der Waals surface area (Å²) in [4.78, 5) is 19.6. The van der Waals surface area contributed by atoms with E-state index in [1.807, 2.05) is 24.0 Å². The molecule has 1 saturated heterocycles. The summed E-state index contributed by atoms with van der Waals surface area (Å²) < 4.78 is 5.32. The molecule has 0 spiro atoms. The van der Waals surface area contributed by atoms with E-state index in [2.05, 4.69) is 4.98 Å². The van der Waals surface area contributed by atoms with E-state index >= 15 is 0 Å². The number of carbonyl (C=O) groups excluding carboxylic acids is 1. The molecule has 5 nitrogen and oxygen atoms in total. The van der Waals surface area contributed by atoms with Crippen molar-refractivity contribution in [3.8, 4) is 10.8 Å². The van der Waals surface area contributed by atoms with Gasteiger partial charge in [-0.3, -0.25) is 4.79 Å². The van der Waals surface area contributed by atoms with Crippen molar-refractivity contribution in [3.63, 3.8) is 0 Å². The van der Waals surface area contributed by atoms with E-state index in [-0.39, 0.29) is 18.0 Å². The van der Waals surface area contributed by atoms with Gasteiger partial charge in [0, 0.05) is 18.6 Å². The Bertz CT molecular complexity index is 606. The van der Waals surface area contributed by atoms with Gasteiger partial charge in [0.2, 0.25) is 0 Å². The molecule has 2 unspecified atom stereocenters. The zero-order chi connectivity index (χ0) is 14.8. The third kappa shape index (κ3) is 2.87. The lowest BCUT2D eigenvalue weighted by atomic mass is 9.97. The first-order valence-electron chi connectivity index (χ1n) is 7.23. The number of nitrogens with zero attached hydrogens (tertiary/aromatic N) is 2. The number of carbonyl (C=O) groups is 1. The monoisotopic (exact) mass is 305 g/mol. The lowest BCUT2D eigenvalue weighted by Crippen LogP contribution is -2.51. The van der Waals surface area contributed by atoms with Crippen LogP contribution in [0.3, 0.4) is 0 Å². The van der Waals surface area contributed by atoms with Crippen LogP contribution in [0.4, 0.5) is 0 Å². The average Bonchev–Trinajstić information content (AvgIpc) is 3.17. The van der Waals surface area contributed by atoms with Crippen molar-refractivity contribution in [1.82, 2.24) is 9.88 Å². The van der Waals surface area contributed by atoms with Crippen molar-refractivity contribution in [1.29, 1.82) is 0 Å². The van der Waals surface area contributed by atoms with Gasteiger partial charge in [0.25, 0.3) is 5.91 Å². The normalized spacial score (nSPS) is 20.5. The highest BCUT2D eigenvalue weighted by molar-refractivity contribution is 7.16. The van der Waals surface area contributed by atoms with Crippen LogP contribution in [0.15, 0.2) is 29.0 Å². The molecule has 1 amide bonds. The van der Waals surface area contributed by atoms with Crippen LogP contribution in [0.1, 0.15) is 35.9 Å². The van der Waals surface area contributed by atoms with Crippen molar-refractivity contribution in [2.75, 3.05) is 6.54 Å². The van der Waals surface area contributed by atoms with Gasteiger partial charge in [0.1, 0.15) is 4.88 Å². The van der Waals surface area contributed by atoms with Gasteiger partial charge in [-0.1, -0.05) is 0 Å². The van der Waals surface area contributed by atoms with Crippen molar-refractivity contribution in [2.24, 2.45) is 5.73 Å². The van der Waals surface area contributed by atoms with Crippen LogP contribution in [0, 0.1) is 0 Å². The van der Waals surface area contributed by atoms with Crippen LogP contribution in [0.5, 0.6) is 0 Å². The van der Waals surface area contributed by atoms with Gasteiger partial charge in [0.15, 0.2) is 10.8 Å². The molecule has 1 fully saturated rings. The maximum Gasteiger partial charge on any atom is 0.265 e. The number of nitrogens with two attached hydrogens (primary N) is 1. The van der Waals surface area contributed by atoms with E-state index in [4.69, 9.17) is 10.2 Å². The van der Waals surface area contributed by atoms with E-state index in [0.29, 0.717) is 10.6 Å². The highest BCUT2D eigenvalue weighted by Gasteiger charge is 2.30. The zero-order valence-corrected chi connectivity index (χ0v) is 12.8. The van der Waals surface area contributed by atoms with E-state index < -0.39 is 0 Å². The summed E-state index contributed by atoms with van der Waals surface area (Å²) in [5.74, 6) is 0.730. The topological polar surface area (TPSA) is 72.4 Å². The fourth-order valence-electron chi connectivity index (χ4n) is 2.78. The number of likely N-dealkylation sites (tertiary alicyclic amines) is 1. The Morgan fingerprint density at radius 1 is 1.57 bits per heavy atom. The molecular formula is C15H19N3O2S. The molecule has 21 heavy (non-hydrogen) atoms. The molecule has 2 atom stereocenters. The van der Waals surface area contributed by atoms with Crippen LogP contribution in [0.25, 0.3) is 10.8 Å². The third-order valence-corrected chi connectivity index (χ3v) is 4.87. The number of aromatic nitrogens is 1. The van der Waals surface area contributed by atoms with Crippen LogP contribution < -0.4 is 5.73 Å². The number of thiazole rings is 1. The second kappa shape index (κ2) is 5.99. The number of amides is 1. The first-order chi connectivity index (χ1) is 10.2. The van der Waals surface area contributed by atoms with Crippen molar-refractivity contribution in [3.05, 3.63) is 29.5 Å². The van der Waals surface area contributed by atoms with Crippen molar-refractivity contribution >= 4 is 17.2 Å². The lowest BCUT2D eigenvalue weighted by molar-refractivity contribution is 0.0588. The quantitative estimate of drug-likeness (QED) is 0.946. The Morgan fingerprint density at radius 3 is 3.14 bits per heavy atom. The number of furan rings is 1. The first-order valence-corrected chi connectivity index (χ1v) is 8.04. The second-order valence-electron chi connectivity index (χ2n) is 5.43. The molecule has 0 bridgehead atoms. The fourth-order valence-corrected chi connectivity index (χ4v) is 3.63. The number of hydrogen-bond acceptors (Lipinski definition) is 5. The summed E-state index contributed by atoms with van der Waals surface area (Å²) >= 11 is 1.37. The Hall–Kier alpha value is -1.66.